The summed E-state index contributed by atoms with van der Waals surface area (Å²) < 4.78 is 0. The first kappa shape index (κ1) is 9.82. The van der Waals surface area contributed by atoms with Crippen LogP contribution in [-0.2, 0) is 0 Å². The van der Waals surface area contributed by atoms with E-state index in [9.17, 15) is 10.1 Å². The molecule has 1 aliphatic rings. The molecule has 1 aromatic rings. The second-order valence-corrected chi connectivity index (χ2v) is 4.19. The van der Waals surface area contributed by atoms with Crippen molar-refractivity contribution in [3.63, 3.8) is 0 Å². The number of anilines is 1. The third kappa shape index (κ3) is 2.39. The van der Waals surface area contributed by atoms with Gasteiger partial charge < -0.3 is 5.32 Å². The van der Waals surface area contributed by atoms with E-state index in [0.29, 0.717) is 11.4 Å². The first-order valence-electron chi connectivity index (χ1n) is 4.79. The van der Waals surface area contributed by atoms with Gasteiger partial charge in [0, 0.05) is 6.54 Å². The average molecular weight is 208 g/mol. The monoisotopic (exact) mass is 208 g/mol. The Bertz CT molecular complexity index is 372. The summed E-state index contributed by atoms with van der Waals surface area (Å²) in [5, 5.41) is 13.4. The second-order valence-electron chi connectivity index (χ2n) is 4.19. The summed E-state index contributed by atoms with van der Waals surface area (Å²) in [6.07, 6.45) is 4.86. The van der Waals surface area contributed by atoms with Crippen LogP contribution in [0.25, 0.3) is 0 Å². The van der Waals surface area contributed by atoms with E-state index in [2.05, 4.69) is 22.2 Å². The lowest BCUT2D eigenvalue weighted by atomic mass is 10.1. The number of nitro groups is 1. The lowest BCUT2D eigenvalue weighted by molar-refractivity contribution is -0.385. The molecule has 15 heavy (non-hydrogen) atoms. The van der Waals surface area contributed by atoms with Crippen molar-refractivity contribution in [3.8, 4) is 0 Å². The van der Waals surface area contributed by atoms with E-state index >= 15 is 0 Å². The van der Waals surface area contributed by atoms with E-state index in [0.717, 1.165) is 6.54 Å². The smallest absolute Gasteiger partial charge is 0.305 e. The topological polar surface area (TPSA) is 81.0 Å². The Morgan fingerprint density at radius 3 is 2.60 bits per heavy atom. The summed E-state index contributed by atoms with van der Waals surface area (Å²) in [4.78, 5) is 17.6. The van der Waals surface area contributed by atoms with Gasteiger partial charge >= 0.3 is 5.69 Å². The fourth-order valence-corrected chi connectivity index (χ4v) is 1.19. The average Bonchev–Trinajstić information content (AvgIpc) is 2.95. The number of nitrogens with one attached hydrogen (secondary N) is 1. The summed E-state index contributed by atoms with van der Waals surface area (Å²) in [6.45, 7) is 3.01. The van der Waals surface area contributed by atoms with Crippen molar-refractivity contribution >= 4 is 11.6 Å². The maximum absolute atomic E-state index is 10.3. The molecule has 1 heterocycles. The summed E-state index contributed by atoms with van der Waals surface area (Å²) in [5.41, 5.74) is 0.281. The maximum atomic E-state index is 10.3. The van der Waals surface area contributed by atoms with Crippen molar-refractivity contribution in [1.82, 2.24) is 9.97 Å². The van der Waals surface area contributed by atoms with Crippen molar-refractivity contribution in [3.05, 3.63) is 22.5 Å². The number of rotatable bonds is 4. The highest BCUT2D eigenvalue weighted by molar-refractivity contribution is 5.31. The zero-order valence-electron chi connectivity index (χ0n) is 8.43. The Balaban J connectivity index is 1.95. The van der Waals surface area contributed by atoms with Crippen LogP contribution < -0.4 is 5.32 Å². The van der Waals surface area contributed by atoms with Gasteiger partial charge in [-0.15, -0.1) is 0 Å². The van der Waals surface area contributed by atoms with Gasteiger partial charge in [-0.2, -0.15) is 0 Å². The SMILES string of the molecule is CC1(CNc2ncc([N+](=O)[O-])cn2)CC1. The fourth-order valence-electron chi connectivity index (χ4n) is 1.19. The van der Waals surface area contributed by atoms with Crippen molar-refractivity contribution in [2.75, 3.05) is 11.9 Å². The molecule has 1 aromatic heterocycles. The molecule has 0 bridgehead atoms. The van der Waals surface area contributed by atoms with Crippen LogP contribution in [-0.4, -0.2) is 21.4 Å². The Morgan fingerprint density at radius 2 is 2.13 bits per heavy atom. The van der Waals surface area contributed by atoms with Gasteiger partial charge in [0.15, 0.2) is 0 Å². The minimum atomic E-state index is -0.508. The summed E-state index contributed by atoms with van der Waals surface area (Å²) >= 11 is 0. The van der Waals surface area contributed by atoms with E-state index in [1.807, 2.05) is 0 Å². The molecule has 0 aromatic carbocycles. The van der Waals surface area contributed by atoms with E-state index in [1.165, 1.54) is 25.2 Å². The standard InChI is InChI=1S/C9H12N4O2/c1-9(2-3-9)6-12-8-10-4-7(5-11-8)13(14)15/h4-5H,2-3,6H2,1H3,(H,10,11,12). The van der Waals surface area contributed by atoms with Gasteiger partial charge in [0.2, 0.25) is 5.95 Å². The van der Waals surface area contributed by atoms with Crippen molar-refractivity contribution < 1.29 is 4.92 Å². The predicted octanol–water partition coefficient (Wildman–Crippen LogP) is 1.60. The minimum absolute atomic E-state index is 0.0850. The molecule has 0 amide bonds. The highest BCUT2D eigenvalue weighted by atomic mass is 16.6. The van der Waals surface area contributed by atoms with Gasteiger partial charge in [-0.3, -0.25) is 10.1 Å². The Kier molecular flexibility index (Phi) is 2.26. The third-order valence-corrected chi connectivity index (χ3v) is 2.63. The molecule has 0 radical (unpaired) electrons. The molecule has 0 atom stereocenters. The second kappa shape index (κ2) is 3.45. The molecular formula is C9H12N4O2. The zero-order valence-corrected chi connectivity index (χ0v) is 8.43. The fraction of sp³-hybridized carbons (Fsp3) is 0.556. The van der Waals surface area contributed by atoms with Crippen LogP contribution in [0.3, 0.4) is 0 Å². The van der Waals surface area contributed by atoms with E-state index in [-0.39, 0.29) is 5.69 Å². The molecule has 6 heteroatoms. The molecule has 80 valence electrons. The van der Waals surface area contributed by atoms with Crippen LogP contribution in [0.1, 0.15) is 19.8 Å². The van der Waals surface area contributed by atoms with E-state index in [1.54, 1.807) is 0 Å². The van der Waals surface area contributed by atoms with Crippen LogP contribution in [0.15, 0.2) is 12.4 Å². The molecule has 6 nitrogen and oxygen atoms in total. The lowest BCUT2D eigenvalue weighted by Gasteiger charge is -2.08. The van der Waals surface area contributed by atoms with E-state index in [4.69, 9.17) is 0 Å². The van der Waals surface area contributed by atoms with Crippen molar-refractivity contribution in [2.24, 2.45) is 5.41 Å². The van der Waals surface area contributed by atoms with Gasteiger partial charge in [-0.1, -0.05) is 6.92 Å². The van der Waals surface area contributed by atoms with Crippen LogP contribution >= 0.6 is 0 Å². The Labute approximate surface area is 86.9 Å². The van der Waals surface area contributed by atoms with Crippen LogP contribution in [0.2, 0.25) is 0 Å². The van der Waals surface area contributed by atoms with Gasteiger partial charge in [-0.05, 0) is 18.3 Å². The van der Waals surface area contributed by atoms with Gasteiger partial charge in [0.25, 0.3) is 0 Å². The molecule has 1 fully saturated rings. The first-order chi connectivity index (χ1) is 7.09. The highest BCUT2D eigenvalue weighted by Gasteiger charge is 2.36. The highest BCUT2D eigenvalue weighted by Crippen LogP contribution is 2.44. The lowest BCUT2D eigenvalue weighted by Crippen LogP contribution is -2.13. The molecule has 1 aliphatic carbocycles. The number of aromatic nitrogens is 2. The molecule has 1 saturated carbocycles. The first-order valence-corrected chi connectivity index (χ1v) is 4.79. The quantitative estimate of drug-likeness (QED) is 0.600. The molecule has 0 aliphatic heterocycles. The predicted molar refractivity (Wildman–Crippen MR) is 54.5 cm³/mol. The molecule has 0 saturated heterocycles. The zero-order chi connectivity index (χ0) is 10.9. The Hall–Kier alpha value is -1.72. The van der Waals surface area contributed by atoms with Crippen LogP contribution in [0.4, 0.5) is 11.6 Å². The molecule has 1 N–H and O–H groups in total. The molecule has 0 spiro atoms. The summed E-state index contributed by atoms with van der Waals surface area (Å²) in [7, 11) is 0. The maximum Gasteiger partial charge on any atom is 0.305 e. The van der Waals surface area contributed by atoms with E-state index < -0.39 is 4.92 Å². The van der Waals surface area contributed by atoms with Gasteiger partial charge in [0.1, 0.15) is 12.4 Å². The van der Waals surface area contributed by atoms with Crippen LogP contribution in [0, 0.1) is 15.5 Å². The molecule has 0 unspecified atom stereocenters. The largest absolute Gasteiger partial charge is 0.354 e. The summed E-state index contributed by atoms with van der Waals surface area (Å²) in [6, 6.07) is 0. The number of hydrogen-bond donors (Lipinski definition) is 1. The summed E-state index contributed by atoms with van der Waals surface area (Å²) in [5.74, 6) is 0.453. The van der Waals surface area contributed by atoms with Crippen molar-refractivity contribution in [2.45, 2.75) is 19.8 Å². The van der Waals surface area contributed by atoms with Gasteiger partial charge in [-0.25, -0.2) is 9.97 Å². The number of nitrogens with zero attached hydrogens (tertiary/aromatic N) is 3. The van der Waals surface area contributed by atoms with Crippen LogP contribution in [0.5, 0.6) is 0 Å². The van der Waals surface area contributed by atoms with Gasteiger partial charge in [0.05, 0.1) is 4.92 Å². The Morgan fingerprint density at radius 1 is 1.53 bits per heavy atom. The third-order valence-electron chi connectivity index (χ3n) is 2.63. The normalized spacial score (nSPS) is 17.1. The molecule has 2 rings (SSSR count). The van der Waals surface area contributed by atoms with Crippen molar-refractivity contribution in [1.29, 1.82) is 0 Å². The minimum Gasteiger partial charge on any atom is -0.354 e. The molecular weight excluding hydrogens is 196 g/mol. The number of hydrogen-bond acceptors (Lipinski definition) is 5.